The molecule has 3 rings (SSSR count). The highest BCUT2D eigenvalue weighted by atomic mass is 19.3. The van der Waals surface area contributed by atoms with E-state index in [-0.39, 0.29) is 43.9 Å². The summed E-state index contributed by atoms with van der Waals surface area (Å²) < 4.78 is 71.9. The van der Waals surface area contributed by atoms with E-state index in [9.17, 15) is 4.79 Å². The zero-order chi connectivity index (χ0) is 29.3. The summed E-state index contributed by atoms with van der Waals surface area (Å²) in [4.78, 5) is 11.9. The second kappa shape index (κ2) is 15.0. The molecular weight excluding hydrogens is 520 g/mol. The number of hydrogen-bond donors (Lipinski definition) is 0. The molecule has 1 atom stereocenters. The molecule has 2 aliphatic rings. The number of benzene rings is 1. The third-order valence-corrected chi connectivity index (χ3v) is 9.49. The number of halogens is 4. The summed E-state index contributed by atoms with van der Waals surface area (Å²) in [6.45, 7) is 5.90. The van der Waals surface area contributed by atoms with Gasteiger partial charge in [0.15, 0.2) is 0 Å². The quantitative estimate of drug-likeness (QED) is 0.127. The zero-order valence-electron chi connectivity index (χ0n) is 24.9. The first-order chi connectivity index (χ1) is 19.0. The van der Waals surface area contributed by atoms with E-state index in [1.165, 1.54) is 57.8 Å². The second-order valence-electron chi connectivity index (χ2n) is 12.6. The largest absolute Gasteiger partial charge is 0.465 e. The number of methoxy groups -OCH3 is 1. The minimum absolute atomic E-state index is 0.0283. The van der Waals surface area contributed by atoms with E-state index in [2.05, 4.69) is 6.92 Å². The maximum absolute atomic E-state index is 15.4. The van der Waals surface area contributed by atoms with Gasteiger partial charge in [0.05, 0.1) is 12.5 Å². The van der Waals surface area contributed by atoms with Crippen LogP contribution >= 0.6 is 0 Å². The molecule has 0 aromatic heterocycles. The lowest BCUT2D eigenvalue weighted by Crippen LogP contribution is -2.46. The summed E-state index contributed by atoms with van der Waals surface area (Å²) in [6.07, 6.45) is 11.4. The molecule has 228 valence electrons. The van der Waals surface area contributed by atoms with Crippen molar-refractivity contribution in [2.45, 2.75) is 116 Å². The van der Waals surface area contributed by atoms with Gasteiger partial charge in [-0.25, -0.2) is 0 Å². The normalized spacial score (nSPS) is 25.1. The standard InChI is InChI=1S/C33H50F4O3/c1-5-6-7-8-24-9-11-25(12-10-24)26-13-17-29(18-14-26)32(34,35)33(36,37)30-19-15-27(16-20-30)28(21-39-4)22-40-31(38)23(2)3/h15-16,19-20,23-26,28-29H,5-14,17-18,21-22H2,1-4H3. The van der Waals surface area contributed by atoms with Crippen LogP contribution in [0.2, 0.25) is 0 Å². The summed E-state index contributed by atoms with van der Waals surface area (Å²) >= 11 is 0. The second-order valence-corrected chi connectivity index (χ2v) is 12.6. The van der Waals surface area contributed by atoms with E-state index < -0.39 is 23.3 Å². The number of rotatable bonds is 14. The third kappa shape index (κ3) is 8.23. The zero-order valence-corrected chi connectivity index (χ0v) is 24.9. The Labute approximate surface area is 238 Å². The Balaban J connectivity index is 1.56. The summed E-state index contributed by atoms with van der Waals surface area (Å²) in [7, 11) is 1.49. The molecule has 0 radical (unpaired) electrons. The van der Waals surface area contributed by atoms with Crippen molar-refractivity contribution in [3.63, 3.8) is 0 Å². The van der Waals surface area contributed by atoms with Gasteiger partial charge in [0, 0.05) is 24.5 Å². The Hall–Kier alpha value is -1.63. The SMILES string of the molecule is CCCCCC1CCC(C2CCC(C(F)(F)C(F)(F)c3ccc(C(COC)COC(=O)C(C)C)cc3)CC2)CC1. The number of ether oxygens (including phenoxy) is 2. The van der Waals surface area contributed by atoms with Gasteiger partial charge in [-0.05, 0) is 61.8 Å². The van der Waals surface area contributed by atoms with Gasteiger partial charge in [-0.3, -0.25) is 4.79 Å². The molecule has 2 saturated carbocycles. The molecule has 0 bridgehead atoms. The minimum Gasteiger partial charge on any atom is -0.465 e. The lowest BCUT2D eigenvalue weighted by molar-refractivity contribution is -0.249. The molecule has 2 aliphatic carbocycles. The van der Waals surface area contributed by atoms with Gasteiger partial charge in [-0.15, -0.1) is 0 Å². The summed E-state index contributed by atoms with van der Waals surface area (Å²) in [5.41, 5.74) is -0.0815. The summed E-state index contributed by atoms with van der Waals surface area (Å²) in [5, 5.41) is 0. The van der Waals surface area contributed by atoms with E-state index in [4.69, 9.17) is 9.47 Å². The number of hydrogen-bond acceptors (Lipinski definition) is 3. The molecule has 0 aliphatic heterocycles. The Morgan fingerprint density at radius 1 is 0.875 bits per heavy atom. The van der Waals surface area contributed by atoms with Crippen molar-refractivity contribution in [1.29, 1.82) is 0 Å². The van der Waals surface area contributed by atoms with Gasteiger partial charge in [0.2, 0.25) is 0 Å². The lowest BCUT2D eigenvalue weighted by Gasteiger charge is -2.41. The van der Waals surface area contributed by atoms with Gasteiger partial charge in [-0.1, -0.05) is 83.6 Å². The molecule has 0 N–H and O–H groups in total. The minimum atomic E-state index is -4.26. The van der Waals surface area contributed by atoms with E-state index >= 15 is 17.6 Å². The molecule has 1 unspecified atom stereocenters. The first-order valence-electron chi connectivity index (χ1n) is 15.5. The first kappa shape index (κ1) is 32.9. The van der Waals surface area contributed by atoms with Crippen LogP contribution in [0.25, 0.3) is 0 Å². The van der Waals surface area contributed by atoms with Gasteiger partial charge in [0.25, 0.3) is 0 Å². The van der Waals surface area contributed by atoms with Crippen molar-refractivity contribution < 1.29 is 31.8 Å². The molecule has 40 heavy (non-hydrogen) atoms. The number of esters is 1. The van der Waals surface area contributed by atoms with E-state index in [1.54, 1.807) is 13.8 Å². The lowest BCUT2D eigenvalue weighted by atomic mass is 9.67. The van der Waals surface area contributed by atoms with Crippen LogP contribution < -0.4 is 0 Å². The molecule has 0 heterocycles. The van der Waals surface area contributed by atoms with Gasteiger partial charge in [0.1, 0.15) is 6.61 Å². The summed E-state index contributed by atoms with van der Waals surface area (Å²) in [5.74, 6) is -8.99. The topological polar surface area (TPSA) is 35.5 Å². The monoisotopic (exact) mass is 570 g/mol. The summed E-state index contributed by atoms with van der Waals surface area (Å²) in [6, 6.07) is 5.00. The van der Waals surface area contributed by atoms with E-state index in [0.29, 0.717) is 30.2 Å². The maximum atomic E-state index is 15.4. The molecular formula is C33H50F4O3. The Morgan fingerprint density at radius 3 is 1.98 bits per heavy atom. The molecule has 2 fully saturated rings. The van der Waals surface area contributed by atoms with Crippen molar-refractivity contribution in [3.8, 4) is 0 Å². The fraction of sp³-hybridized carbons (Fsp3) is 0.788. The van der Waals surface area contributed by atoms with Crippen LogP contribution in [0, 0.1) is 29.6 Å². The van der Waals surface area contributed by atoms with Crippen molar-refractivity contribution in [3.05, 3.63) is 35.4 Å². The Bertz CT molecular complexity index is 885. The van der Waals surface area contributed by atoms with Crippen LogP contribution in [-0.4, -0.2) is 32.2 Å². The smallest absolute Gasteiger partial charge is 0.335 e. The van der Waals surface area contributed by atoms with Gasteiger partial charge >= 0.3 is 17.8 Å². The average Bonchev–Trinajstić information content (AvgIpc) is 2.95. The predicted octanol–water partition coefficient (Wildman–Crippen LogP) is 9.54. The van der Waals surface area contributed by atoms with Crippen molar-refractivity contribution in [2.75, 3.05) is 20.3 Å². The van der Waals surface area contributed by atoms with Crippen molar-refractivity contribution in [1.82, 2.24) is 0 Å². The fourth-order valence-corrected chi connectivity index (χ4v) is 6.79. The molecule has 3 nitrogen and oxygen atoms in total. The maximum Gasteiger partial charge on any atom is 0.335 e. The van der Waals surface area contributed by atoms with Gasteiger partial charge in [-0.2, -0.15) is 17.6 Å². The number of carbonyl (C=O) groups excluding carboxylic acids is 1. The van der Waals surface area contributed by atoms with Crippen LogP contribution in [0.3, 0.4) is 0 Å². The molecule has 0 amide bonds. The number of alkyl halides is 4. The highest BCUT2D eigenvalue weighted by Gasteiger charge is 2.61. The highest BCUT2D eigenvalue weighted by Crippen LogP contribution is 2.53. The first-order valence-corrected chi connectivity index (χ1v) is 15.5. The number of unbranched alkanes of at least 4 members (excludes halogenated alkanes) is 2. The van der Waals surface area contributed by atoms with E-state index in [0.717, 1.165) is 30.9 Å². The van der Waals surface area contributed by atoms with Crippen molar-refractivity contribution in [2.24, 2.45) is 29.6 Å². The highest BCUT2D eigenvalue weighted by molar-refractivity contribution is 5.71. The van der Waals surface area contributed by atoms with Crippen LogP contribution in [0.1, 0.15) is 115 Å². The third-order valence-electron chi connectivity index (χ3n) is 9.49. The number of carbonyl (C=O) groups is 1. The van der Waals surface area contributed by atoms with Crippen LogP contribution in [0.15, 0.2) is 24.3 Å². The van der Waals surface area contributed by atoms with Crippen LogP contribution in [-0.2, 0) is 20.2 Å². The van der Waals surface area contributed by atoms with E-state index in [1.807, 2.05) is 0 Å². The van der Waals surface area contributed by atoms with Gasteiger partial charge < -0.3 is 9.47 Å². The Morgan fingerprint density at radius 2 is 1.45 bits per heavy atom. The molecule has 0 saturated heterocycles. The van der Waals surface area contributed by atoms with Crippen LogP contribution in [0.5, 0.6) is 0 Å². The average molecular weight is 571 g/mol. The molecule has 1 aromatic rings. The molecule has 7 heteroatoms. The molecule has 0 spiro atoms. The Kier molecular flexibility index (Phi) is 12.3. The fourth-order valence-electron chi connectivity index (χ4n) is 6.79. The van der Waals surface area contributed by atoms with Crippen molar-refractivity contribution >= 4 is 5.97 Å². The molecule has 1 aromatic carbocycles. The van der Waals surface area contributed by atoms with Crippen LogP contribution in [0.4, 0.5) is 17.6 Å². The predicted molar refractivity (Wildman–Crippen MR) is 151 cm³/mol.